The van der Waals surface area contributed by atoms with Gasteiger partial charge in [-0.3, -0.25) is 76.7 Å². The molecule has 8 N–H and O–H groups in total. The number of ether oxygens (including phenoxy) is 15. The highest BCUT2D eigenvalue weighted by atomic mass is 79.9. The molecule has 0 radical (unpaired) electrons. The molecule has 8 amide bonds. The van der Waals surface area contributed by atoms with E-state index < -0.39 is 312 Å². The van der Waals surface area contributed by atoms with Gasteiger partial charge in [0.05, 0.1) is 62.5 Å². The standard InChI is InChI=1S/C83H133Br9N8O32/c1-70(2,3)132-69(117)97-30-32-118-31-25-56(104)96-29-33-119-40-80(37-98-53(101)22-26-93-57(105)34-120-41-81(44-123-60(108)71(4,5)84,45-124-61(109)72(6,7)85)46-125-62(110)73(8,9)86,38-99-54(102)23-27-94-58(106)35-121-42-82(47-126-63(111)74(10,11)87,48-127-64(112)75(12,13)88)49-128-65(113)76(14,15)89)39-100-55(103)24-28-95-59(107)36-122-43-83(50-129-66(114)77(16,17)90,51-130-67(115)78(18,19)91)52-131-68(116)79(20,21)92/h22-52H2,1-21H3,(H,93,105)(H,94,106)(H,95,107)(H,96,104)(H,97,117)(H,98,101)(H,99,102)(H,100,103). The van der Waals surface area contributed by atoms with Crippen LogP contribution in [0.4, 0.5) is 4.79 Å². The van der Waals surface area contributed by atoms with Crippen molar-refractivity contribution in [2.45, 2.75) is 216 Å². The van der Waals surface area contributed by atoms with Gasteiger partial charge in [0, 0.05) is 83.5 Å². The lowest BCUT2D eigenvalue weighted by atomic mass is 9.88. The zero-order valence-electron chi connectivity index (χ0n) is 78.9. The summed E-state index contributed by atoms with van der Waals surface area (Å²) < 4.78 is 74.2. The fourth-order valence-electron chi connectivity index (χ4n) is 9.35. The Morgan fingerprint density at radius 2 is 0.402 bits per heavy atom. The van der Waals surface area contributed by atoms with Gasteiger partial charge in [-0.25, -0.2) is 4.79 Å². The molecule has 0 heterocycles. The number of carbonyl (C=O) groups is 17. The molecule has 40 nitrogen and oxygen atoms in total. The molecule has 0 spiro atoms. The van der Waals surface area contributed by atoms with Gasteiger partial charge < -0.3 is 114 Å². The van der Waals surface area contributed by atoms with Crippen LogP contribution in [0.15, 0.2) is 0 Å². The highest BCUT2D eigenvalue weighted by Gasteiger charge is 2.46. The molecule has 132 heavy (non-hydrogen) atoms. The lowest BCUT2D eigenvalue weighted by Gasteiger charge is -2.34. The molecule has 0 saturated carbocycles. The van der Waals surface area contributed by atoms with Crippen LogP contribution < -0.4 is 42.5 Å². The van der Waals surface area contributed by atoms with Crippen molar-refractivity contribution < 1.29 is 153 Å². The number of alkyl halides is 9. The monoisotopic (exact) mass is 2460 g/mol. The fourth-order valence-corrected chi connectivity index (χ4v) is 10.4. The number of nitrogens with one attached hydrogen (secondary N) is 8. The third-order valence-corrected chi connectivity index (χ3v) is 20.2. The molecule has 0 aliphatic heterocycles. The maximum Gasteiger partial charge on any atom is 0.407 e. The van der Waals surface area contributed by atoms with Gasteiger partial charge in [0.25, 0.3) is 0 Å². The zero-order chi connectivity index (χ0) is 102. The predicted molar refractivity (Wildman–Crippen MR) is 513 cm³/mol. The van der Waals surface area contributed by atoms with Gasteiger partial charge in [0.15, 0.2) is 0 Å². The number of halogens is 9. The summed E-state index contributed by atoms with van der Waals surface area (Å²) in [7, 11) is 0. The second kappa shape index (κ2) is 58.1. The number of hydrogen-bond acceptors (Lipinski definition) is 32. The molecule has 0 aliphatic carbocycles. The van der Waals surface area contributed by atoms with Gasteiger partial charge in [-0.15, -0.1) is 0 Å². The second-order valence-electron chi connectivity index (χ2n) is 36.7. The van der Waals surface area contributed by atoms with E-state index in [0.29, 0.717) is 0 Å². The summed E-state index contributed by atoms with van der Waals surface area (Å²) in [6.45, 7) is 21.0. The molecule has 0 aliphatic rings. The summed E-state index contributed by atoms with van der Waals surface area (Å²) >= 11 is 29.3. The third-order valence-electron chi connectivity index (χ3n) is 17.2. The van der Waals surface area contributed by atoms with Gasteiger partial charge in [0.2, 0.25) is 41.4 Å². The first-order valence-electron chi connectivity index (χ1n) is 41.6. The van der Waals surface area contributed by atoms with Gasteiger partial charge in [-0.2, -0.15) is 0 Å². The molecule has 0 bridgehead atoms. The van der Waals surface area contributed by atoms with E-state index in [-0.39, 0.29) is 59.0 Å². The quantitative estimate of drug-likeness (QED) is 0.0127. The molecule has 0 fully saturated rings. The van der Waals surface area contributed by atoms with Crippen molar-refractivity contribution in [2.24, 2.45) is 21.7 Å². The maximum atomic E-state index is 14.0. The van der Waals surface area contributed by atoms with Crippen LogP contribution in [0.5, 0.6) is 0 Å². The van der Waals surface area contributed by atoms with Crippen LogP contribution in [0.3, 0.4) is 0 Å². The van der Waals surface area contributed by atoms with Crippen LogP contribution in [-0.2, 0) is 148 Å². The average molecular weight is 2470 g/mol. The fraction of sp³-hybridized carbons (Fsp3) is 0.795. The molecule has 760 valence electrons. The summed E-state index contributed by atoms with van der Waals surface area (Å²) in [5, 5.41) is 21.2. The zero-order valence-corrected chi connectivity index (χ0v) is 93.2. The Bertz CT molecular complexity index is 3260. The molecule has 0 aromatic rings. The van der Waals surface area contributed by atoms with Crippen LogP contribution in [0, 0.1) is 21.7 Å². The Balaban J connectivity index is 7.62. The number of hydrogen-bond donors (Lipinski definition) is 8. The molecule has 0 aromatic carbocycles. The van der Waals surface area contributed by atoms with E-state index in [1.54, 1.807) is 20.8 Å². The first kappa shape index (κ1) is 127. The van der Waals surface area contributed by atoms with Crippen LogP contribution in [0.2, 0.25) is 0 Å². The summed E-state index contributed by atoms with van der Waals surface area (Å²) in [6.07, 6.45) is -2.04. The number of amides is 8. The highest BCUT2D eigenvalue weighted by Crippen LogP contribution is 2.33. The van der Waals surface area contributed by atoms with E-state index in [2.05, 4.69) is 186 Å². The minimum atomic E-state index is -1.61. The largest absolute Gasteiger partial charge is 0.464 e. The van der Waals surface area contributed by atoms with E-state index in [1.165, 1.54) is 125 Å². The van der Waals surface area contributed by atoms with Gasteiger partial charge in [-0.05, 0) is 145 Å². The van der Waals surface area contributed by atoms with E-state index >= 15 is 0 Å². The normalized spacial score (nSPS) is 12.7. The molecular weight excluding hydrogens is 2340 g/mol. The van der Waals surface area contributed by atoms with Gasteiger partial charge in [0.1, 0.15) is 124 Å². The maximum absolute atomic E-state index is 14.0. The van der Waals surface area contributed by atoms with Crippen molar-refractivity contribution in [2.75, 3.05) is 178 Å². The predicted octanol–water partition coefficient (Wildman–Crippen LogP) is 7.36. The first-order chi connectivity index (χ1) is 60.1. The number of alkyl carbamates (subject to hydrolysis) is 1. The smallest absolute Gasteiger partial charge is 0.407 e. The lowest BCUT2D eigenvalue weighted by molar-refractivity contribution is -0.172. The highest BCUT2D eigenvalue weighted by molar-refractivity contribution is 9.11. The molecular formula is C83H133Br9N8O32. The molecule has 0 aromatic heterocycles. The van der Waals surface area contributed by atoms with E-state index in [1.807, 2.05) is 0 Å². The Morgan fingerprint density at radius 1 is 0.205 bits per heavy atom. The van der Waals surface area contributed by atoms with Crippen molar-refractivity contribution >= 4 is 245 Å². The summed E-state index contributed by atoms with van der Waals surface area (Å²) in [5.74, 6) is -11.7. The number of esters is 9. The van der Waals surface area contributed by atoms with Crippen molar-refractivity contribution in [3.8, 4) is 0 Å². The van der Waals surface area contributed by atoms with Crippen molar-refractivity contribution in [1.29, 1.82) is 0 Å². The van der Waals surface area contributed by atoms with Crippen molar-refractivity contribution in [1.82, 2.24) is 42.5 Å². The third kappa shape index (κ3) is 57.3. The minimum absolute atomic E-state index is 0.0442. The minimum Gasteiger partial charge on any atom is -0.464 e. The summed E-state index contributed by atoms with van der Waals surface area (Å²) in [5.41, 5.74) is -7.12. The Morgan fingerprint density at radius 3 is 0.621 bits per heavy atom. The molecule has 0 atom stereocenters. The topological polar surface area (TPSA) is 525 Å². The number of rotatable bonds is 65. The Hall–Kier alpha value is -5.09. The lowest BCUT2D eigenvalue weighted by Crippen LogP contribution is -2.54. The van der Waals surface area contributed by atoms with Gasteiger partial charge in [-0.1, -0.05) is 143 Å². The Labute approximate surface area is 847 Å². The van der Waals surface area contributed by atoms with Crippen LogP contribution in [-0.4, -0.2) is 324 Å². The van der Waals surface area contributed by atoms with Crippen LogP contribution in [0.25, 0.3) is 0 Å². The van der Waals surface area contributed by atoms with Crippen LogP contribution >= 0.6 is 143 Å². The molecule has 0 rings (SSSR count). The van der Waals surface area contributed by atoms with Crippen molar-refractivity contribution in [3.05, 3.63) is 0 Å². The van der Waals surface area contributed by atoms with Crippen molar-refractivity contribution in [3.63, 3.8) is 0 Å². The summed E-state index contributed by atoms with van der Waals surface area (Å²) in [6, 6.07) is 0. The first-order valence-corrected chi connectivity index (χ1v) is 48.7. The van der Waals surface area contributed by atoms with Crippen LogP contribution in [0.1, 0.15) is 171 Å². The molecule has 0 unspecified atom stereocenters. The molecule has 0 saturated heterocycles. The summed E-state index contributed by atoms with van der Waals surface area (Å²) in [4.78, 5) is 226. The van der Waals surface area contributed by atoms with Gasteiger partial charge >= 0.3 is 59.8 Å². The van der Waals surface area contributed by atoms with E-state index in [4.69, 9.17) is 71.1 Å². The van der Waals surface area contributed by atoms with E-state index in [9.17, 15) is 81.5 Å². The average Bonchev–Trinajstić information content (AvgIpc) is 0.840. The number of carbonyl (C=O) groups excluding carboxylic acids is 17. The van der Waals surface area contributed by atoms with E-state index in [0.717, 1.165) is 0 Å². The second-order valence-corrected chi connectivity index (χ2v) is 54.6. The molecule has 49 heteroatoms. The SMILES string of the molecule is CC(C)(C)OC(=O)NCCOCCC(=O)NCCOCC(CNC(=O)CCNC(=O)COCC(COC(=O)C(C)(C)Br)(COC(=O)C(C)(C)Br)COC(=O)C(C)(C)Br)(CNC(=O)CCNC(=O)COCC(COC(=O)C(C)(C)Br)(COC(=O)C(C)(C)Br)COC(=O)C(C)(C)Br)CNC(=O)CCNC(=O)COCC(COC(=O)C(C)(C)Br)(COC(=O)C(C)(C)Br)COC(=O)C(C)(C)Br. The Kier molecular flexibility index (Phi) is 55.8.